The highest BCUT2D eigenvalue weighted by Gasteiger charge is 2.21. The van der Waals surface area contributed by atoms with Crippen LogP contribution in [-0.4, -0.2) is 28.8 Å². The van der Waals surface area contributed by atoms with E-state index in [0.717, 1.165) is 37.3 Å². The minimum atomic E-state index is 0. The monoisotopic (exact) mass is 354 g/mol. The number of amides is 1. The molecule has 0 atom stereocenters. The summed E-state index contributed by atoms with van der Waals surface area (Å²) in [5.41, 5.74) is 1.09. The highest BCUT2D eigenvalue weighted by Crippen LogP contribution is 2.17. The van der Waals surface area contributed by atoms with Crippen LogP contribution in [0.25, 0.3) is 0 Å². The lowest BCUT2D eigenvalue weighted by molar-refractivity contribution is -0.120. The van der Waals surface area contributed by atoms with Gasteiger partial charge in [-0.05, 0) is 43.6 Å². The summed E-state index contributed by atoms with van der Waals surface area (Å²) < 4.78 is 1.79. The lowest BCUT2D eigenvalue weighted by Gasteiger charge is -2.21. The summed E-state index contributed by atoms with van der Waals surface area (Å²) in [6.07, 6.45) is 3.47. The fourth-order valence-corrected chi connectivity index (χ4v) is 2.77. The average Bonchev–Trinajstić information content (AvgIpc) is 2.97. The predicted molar refractivity (Wildman–Crippen MR) is 94.3 cm³/mol. The Morgan fingerprint density at radius 1 is 1.26 bits per heavy atom. The molecule has 3 rings (SSSR count). The molecule has 0 aliphatic carbocycles. The molecule has 1 aliphatic rings. The van der Waals surface area contributed by atoms with Crippen molar-refractivity contribution in [3.05, 3.63) is 47.1 Å². The maximum absolute atomic E-state index is 12.3. The molecule has 0 saturated carbocycles. The van der Waals surface area contributed by atoms with Crippen molar-refractivity contribution in [1.82, 2.24) is 15.1 Å². The Bertz CT molecular complexity index is 636. The van der Waals surface area contributed by atoms with Crippen molar-refractivity contribution in [3.8, 4) is 0 Å². The molecule has 0 spiro atoms. The van der Waals surface area contributed by atoms with Crippen LogP contribution in [0.4, 0.5) is 5.82 Å². The van der Waals surface area contributed by atoms with Crippen LogP contribution in [0.1, 0.15) is 18.4 Å². The third-order valence-corrected chi connectivity index (χ3v) is 4.18. The largest absolute Gasteiger partial charge is 0.317 e. The molecule has 1 aromatic heterocycles. The van der Waals surface area contributed by atoms with E-state index in [1.165, 1.54) is 0 Å². The zero-order valence-corrected chi connectivity index (χ0v) is 14.2. The van der Waals surface area contributed by atoms with E-state index in [0.29, 0.717) is 11.6 Å². The van der Waals surface area contributed by atoms with Crippen LogP contribution < -0.4 is 10.6 Å². The van der Waals surface area contributed by atoms with Gasteiger partial charge in [0.2, 0.25) is 5.91 Å². The van der Waals surface area contributed by atoms with Crippen LogP contribution in [-0.2, 0) is 11.3 Å². The van der Waals surface area contributed by atoms with E-state index < -0.39 is 0 Å². The molecule has 23 heavy (non-hydrogen) atoms. The van der Waals surface area contributed by atoms with Gasteiger partial charge >= 0.3 is 0 Å². The van der Waals surface area contributed by atoms with Gasteiger partial charge in [-0.25, -0.2) is 4.68 Å². The summed E-state index contributed by atoms with van der Waals surface area (Å²) in [6.45, 7) is 2.41. The van der Waals surface area contributed by atoms with Crippen molar-refractivity contribution in [1.29, 1.82) is 0 Å². The molecule has 124 valence electrons. The van der Waals surface area contributed by atoms with Gasteiger partial charge in [-0.3, -0.25) is 4.79 Å². The predicted octanol–water partition coefficient (Wildman–Crippen LogP) is 2.94. The third-order valence-electron chi connectivity index (χ3n) is 3.92. The minimum absolute atomic E-state index is 0. The van der Waals surface area contributed by atoms with Crippen LogP contribution in [0.2, 0.25) is 5.02 Å². The van der Waals surface area contributed by atoms with E-state index in [4.69, 9.17) is 11.6 Å². The molecule has 1 aromatic carbocycles. The number of nitrogens with zero attached hydrogens (tertiary/aromatic N) is 2. The maximum Gasteiger partial charge on any atom is 0.228 e. The first-order chi connectivity index (χ1) is 10.7. The van der Waals surface area contributed by atoms with Gasteiger partial charge in [0.15, 0.2) is 0 Å². The van der Waals surface area contributed by atoms with Gasteiger partial charge in [0.1, 0.15) is 5.82 Å². The summed E-state index contributed by atoms with van der Waals surface area (Å²) in [5.74, 6) is 0.901. The summed E-state index contributed by atoms with van der Waals surface area (Å²) >= 11 is 5.90. The second kappa shape index (κ2) is 8.34. The minimum Gasteiger partial charge on any atom is -0.317 e. The molecule has 2 heterocycles. The average molecular weight is 355 g/mol. The molecule has 7 heteroatoms. The number of benzene rings is 1. The first-order valence-corrected chi connectivity index (χ1v) is 7.88. The Balaban J connectivity index is 0.00000192. The number of halogens is 2. The van der Waals surface area contributed by atoms with Gasteiger partial charge in [-0.15, -0.1) is 12.4 Å². The number of piperidine rings is 1. The molecule has 1 saturated heterocycles. The number of hydrogen-bond donors (Lipinski definition) is 2. The van der Waals surface area contributed by atoms with Crippen LogP contribution in [0.15, 0.2) is 36.5 Å². The zero-order valence-electron chi connectivity index (χ0n) is 12.7. The van der Waals surface area contributed by atoms with E-state index in [2.05, 4.69) is 15.7 Å². The summed E-state index contributed by atoms with van der Waals surface area (Å²) in [4.78, 5) is 12.3. The number of nitrogens with one attached hydrogen (secondary N) is 2. The first kappa shape index (κ1) is 17.8. The molecule has 0 unspecified atom stereocenters. The van der Waals surface area contributed by atoms with Crippen molar-refractivity contribution >= 4 is 35.7 Å². The Morgan fingerprint density at radius 2 is 1.96 bits per heavy atom. The third kappa shape index (κ3) is 4.70. The molecule has 0 radical (unpaired) electrons. The number of hydrogen-bond acceptors (Lipinski definition) is 3. The van der Waals surface area contributed by atoms with E-state index in [1.807, 2.05) is 30.3 Å². The van der Waals surface area contributed by atoms with Gasteiger partial charge in [0, 0.05) is 17.0 Å². The number of rotatable bonds is 4. The van der Waals surface area contributed by atoms with E-state index in [-0.39, 0.29) is 24.2 Å². The maximum atomic E-state index is 12.3. The van der Waals surface area contributed by atoms with Crippen molar-refractivity contribution in [2.45, 2.75) is 19.4 Å². The van der Waals surface area contributed by atoms with E-state index in [9.17, 15) is 4.79 Å². The van der Waals surface area contributed by atoms with E-state index >= 15 is 0 Å². The topological polar surface area (TPSA) is 59.0 Å². The number of carbonyl (C=O) groups excluding carboxylic acids is 1. The summed E-state index contributed by atoms with van der Waals surface area (Å²) in [5, 5.41) is 11.3. The molecule has 0 bridgehead atoms. The molecular weight excluding hydrogens is 335 g/mol. The number of anilines is 1. The Hall–Kier alpha value is -1.56. The van der Waals surface area contributed by atoms with Gasteiger partial charge in [-0.1, -0.05) is 23.7 Å². The summed E-state index contributed by atoms with van der Waals surface area (Å²) in [7, 11) is 0. The Morgan fingerprint density at radius 3 is 2.65 bits per heavy atom. The smallest absolute Gasteiger partial charge is 0.228 e. The van der Waals surface area contributed by atoms with Crippen molar-refractivity contribution in [3.63, 3.8) is 0 Å². The number of aromatic nitrogens is 2. The lowest BCUT2D eigenvalue weighted by atomic mass is 9.97. The SMILES string of the molecule is Cl.O=C(Nc1ccnn1Cc1ccc(Cl)cc1)C1CCNCC1. The molecular formula is C16H20Cl2N4O. The lowest BCUT2D eigenvalue weighted by Crippen LogP contribution is -2.35. The van der Waals surface area contributed by atoms with Crippen LogP contribution in [0.3, 0.4) is 0 Å². The second-order valence-electron chi connectivity index (χ2n) is 5.51. The Kier molecular flexibility index (Phi) is 6.45. The summed E-state index contributed by atoms with van der Waals surface area (Å²) in [6, 6.07) is 9.46. The van der Waals surface area contributed by atoms with Gasteiger partial charge in [0.25, 0.3) is 0 Å². The fourth-order valence-electron chi connectivity index (χ4n) is 2.64. The van der Waals surface area contributed by atoms with Crippen LogP contribution >= 0.6 is 24.0 Å². The van der Waals surface area contributed by atoms with Crippen LogP contribution in [0.5, 0.6) is 0 Å². The molecule has 2 N–H and O–H groups in total. The van der Waals surface area contributed by atoms with Gasteiger partial charge < -0.3 is 10.6 Å². The van der Waals surface area contributed by atoms with Gasteiger partial charge in [-0.2, -0.15) is 5.10 Å². The van der Waals surface area contributed by atoms with E-state index in [1.54, 1.807) is 10.9 Å². The molecule has 1 amide bonds. The molecule has 1 aliphatic heterocycles. The Labute approximate surface area is 146 Å². The molecule has 5 nitrogen and oxygen atoms in total. The molecule has 2 aromatic rings. The highest BCUT2D eigenvalue weighted by atomic mass is 35.5. The quantitative estimate of drug-likeness (QED) is 0.887. The zero-order chi connectivity index (χ0) is 15.4. The second-order valence-corrected chi connectivity index (χ2v) is 5.95. The first-order valence-electron chi connectivity index (χ1n) is 7.50. The van der Waals surface area contributed by atoms with Gasteiger partial charge in [0.05, 0.1) is 12.7 Å². The fraction of sp³-hybridized carbons (Fsp3) is 0.375. The normalized spacial score (nSPS) is 15.0. The van der Waals surface area contributed by atoms with Crippen LogP contribution in [0, 0.1) is 5.92 Å². The molecule has 1 fully saturated rings. The van der Waals surface area contributed by atoms with Crippen molar-refractivity contribution in [2.75, 3.05) is 18.4 Å². The van der Waals surface area contributed by atoms with Crippen molar-refractivity contribution in [2.24, 2.45) is 5.92 Å². The standard InChI is InChI=1S/C16H19ClN4O.ClH/c17-14-3-1-12(2-4-14)11-21-15(7-10-19-21)20-16(22)13-5-8-18-9-6-13;/h1-4,7,10,13,18H,5-6,8-9,11H2,(H,20,22);1H. The highest BCUT2D eigenvalue weighted by molar-refractivity contribution is 6.30. The van der Waals surface area contributed by atoms with Crippen molar-refractivity contribution < 1.29 is 4.79 Å². The number of carbonyl (C=O) groups is 1.